The number of aromatic nitrogens is 1. The molecule has 33 heavy (non-hydrogen) atoms. The van der Waals surface area contributed by atoms with Crippen molar-refractivity contribution in [3.63, 3.8) is 0 Å². The van der Waals surface area contributed by atoms with Crippen LogP contribution in [0.25, 0.3) is 10.9 Å². The molecule has 0 atom stereocenters. The third-order valence-electron chi connectivity index (χ3n) is 5.27. The molecule has 4 rings (SSSR count). The second kappa shape index (κ2) is 8.84. The molecule has 1 amide bonds. The Hall–Kier alpha value is -3.42. The third kappa shape index (κ3) is 4.69. The van der Waals surface area contributed by atoms with Crippen molar-refractivity contribution >= 4 is 43.9 Å². The summed E-state index contributed by atoms with van der Waals surface area (Å²) in [6.45, 7) is 3.48. The molecule has 0 aliphatic heterocycles. The number of pyridine rings is 1. The smallest absolute Gasteiger partial charge is 0.244 e. The van der Waals surface area contributed by atoms with Crippen molar-refractivity contribution < 1.29 is 13.2 Å². The lowest BCUT2D eigenvalue weighted by atomic mass is 10.1. The van der Waals surface area contributed by atoms with E-state index in [9.17, 15) is 18.0 Å². The van der Waals surface area contributed by atoms with E-state index < -0.39 is 15.3 Å². The van der Waals surface area contributed by atoms with Crippen LogP contribution in [-0.2, 0) is 21.2 Å². The number of amides is 1. The molecule has 0 spiro atoms. The monoisotopic (exact) mass is 480 g/mol. The third-order valence-corrected chi connectivity index (χ3v) is 7.28. The minimum atomic E-state index is -4.09. The number of fused-ring (bicyclic) bond motifs is 1. The van der Waals surface area contributed by atoms with Crippen LogP contribution in [0.5, 0.6) is 0 Å². The SMILES string of the molecule is Cc1ccc(S(=O)(=O)c2cn(CC(=O)Nc3ccc(Cl)cc3)c3ccc(C)cc3c2=O)cc1. The lowest BCUT2D eigenvalue weighted by molar-refractivity contribution is -0.116. The second-order valence-electron chi connectivity index (χ2n) is 7.84. The molecule has 0 fully saturated rings. The maximum Gasteiger partial charge on any atom is 0.244 e. The van der Waals surface area contributed by atoms with Crippen molar-refractivity contribution in [2.45, 2.75) is 30.2 Å². The van der Waals surface area contributed by atoms with Crippen LogP contribution in [0, 0.1) is 13.8 Å². The molecule has 0 saturated heterocycles. The number of halogens is 1. The van der Waals surface area contributed by atoms with Gasteiger partial charge in [-0.05, 0) is 62.4 Å². The molecule has 0 unspecified atom stereocenters. The molecule has 0 bridgehead atoms. The van der Waals surface area contributed by atoms with Gasteiger partial charge in [-0.2, -0.15) is 0 Å². The highest BCUT2D eigenvalue weighted by atomic mass is 35.5. The van der Waals surface area contributed by atoms with Gasteiger partial charge in [0.15, 0.2) is 0 Å². The molecule has 0 aliphatic carbocycles. The number of benzene rings is 3. The molecule has 1 aromatic heterocycles. The molecular weight excluding hydrogens is 460 g/mol. The molecule has 1 heterocycles. The van der Waals surface area contributed by atoms with E-state index in [2.05, 4.69) is 5.32 Å². The minimum absolute atomic E-state index is 0.0226. The average Bonchev–Trinajstić information content (AvgIpc) is 2.77. The van der Waals surface area contributed by atoms with Gasteiger partial charge in [-0.15, -0.1) is 0 Å². The van der Waals surface area contributed by atoms with Crippen LogP contribution < -0.4 is 10.7 Å². The average molecular weight is 481 g/mol. The topological polar surface area (TPSA) is 85.2 Å². The van der Waals surface area contributed by atoms with Gasteiger partial charge in [-0.3, -0.25) is 9.59 Å². The summed E-state index contributed by atoms with van der Waals surface area (Å²) in [7, 11) is -4.09. The number of carbonyl (C=O) groups is 1. The predicted molar refractivity (Wildman–Crippen MR) is 130 cm³/mol. The Morgan fingerprint density at radius 1 is 0.939 bits per heavy atom. The zero-order valence-electron chi connectivity index (χ0n) is 18.0. The van der Waals surface area contributed by atoms with Crippen LogP contribution in [0.15, 0.2) is 87.5 Å². The molecule has 0 aliphatic rings. The molecule has 6 nitrogen and oxygen atoms in total. The number of nitrogens with one attached hydrogen (secondary N) is 1. The summed E-state index contributed by atoms with van der Waals surface area (Å²) in [5, 5.41) is 3.54. The van der Waals surface area contributed by atoms with Crippen LogP contribution >= 0.6 is 11.6 Å². The number of hydrogen-bond acceptors (Lipinski definition) is 4. The van der Waals surface area contributed by atoms with E-state index >= 15 is 0 Å². The van der Waals surface area contributed by atoms with E-state index in [1.165, 1.54) is 22.9 Å². The molecule has 0 radical (unpaired) electrons. The van der Waals surface area contributed by atoms with Crippen molar-refractivity contribution in [1.82, 2.24) is 4.57 Å². The fraction of sp³-hybridized carbons (Fsp3) is 0.120. The molecule has 3 aromatic carbocycles. The first-order valence-electron chi connectivity index (χ1n) is 10.2. The maximum atomic E-state index is 13.3. The highest BCUT2D eigenvalue weighted by Gasteiger charge is 2.24. The van der Waals surface area contributed by atoms with Crippen LogP contribution in [0.4, 0.5) is 5.69 Å². The Balaban J connectivity index is 1.81. The minimum Gasteiger partial charge on any atom is -0.336 e. The van der Waals surface area contributed by atoms with E-state index in [1.54, 1.807) is 48.5 Å². The Morgan fingerprint density at radius 3 is 2.24 bits per heavy atom. The number of anilines is 1. The zero-order chi connectivity index (χ0) is 23.8. The van der Waals surface area contributed by atoms with Gasteiger partial charge in [0.2, 0.25) is 21.2 Å². The quantitative estimate of drug-likeness (QED) is 0.447. The fourth-order valence-electron chi connectivity index (χ4n) is 3.54. The molecular formula is C25H21ClN2O4S. The van der Waals surface area contributed by atoms with Crippen LogP contribution in [0.1, 0.15) is 11.1 Å². The Labute approximate surface area is 196 Å². The van der Waals surface area contributed by atoms with Gasteiger partial charge in [-0.1, -0.05) is 40.9 Å². The summed E-state index contributed by atoms with van der Waals surface area (Å²) < 4.78 is 28.1. The lowest BCUT2D eigenvalue weighted by Gasteiger charge is -2.15. The standard InChI is InChI=1S/C25H21ClN2O4S/c1-16-3-10-20(11-4-16)33(31,32)23-14-28(22-12-5-17(2)13-21(22)25(23)30)15-24(29)27-19-8-6-18(26)7-9-19/h3-14H,15H2,1-2H3,(H,27,29). The predicted octanol–water partition coefficient (Wildman–Crippen LogP) is 4.74. The first-order valence-corrected chi connectivity index (χ1v) is 12.0. The van der Waals surface area contributed by atoms with E-state index in [0.29, 0.717) is 16.2 Å². The van der Waals surface area contributed by atoms with Gasteiger partial charge in [0.25, 0.3) is 0 Å². The molecule has 8 heteroatoms. The van der Waals surface area contributed by atoms with E-state index in [4.69, 9.17) is 11.6 Å². The number of rotatable bonds is 5. The van der Waals surface area contributed by atoms with E-state index in [-0.39, 0.29) is 27.6 Å². The van der Waals surface area contributed by atoms with Crippen molar-refractivity contribution in [2.75, 3.05) is 5.32 Å². The second-order valence-corrected chi connectivity index (χ2v) is 10.2. The summed E-state index contributed by atoms with van der Waals surface area (Å²) in [5.41, 5.74) is 2.14. The molecule has 0 saturated carbocycles. The van der Waals surface area contributed by atoms with Crippen LogP contribution in [0.3, 0.4) is 0 Å². The first kappa shape index (κ1) is 22.8. The van der Waals surface area contributed by atoms with Crippen molar-refractivity contribution in [2.24, 2.45) is 0 Å². The van der Waals surface area contributed by atoms with E-state index in [1.807, 2.05) is 19.9 Å². The van der Waals surface area contributed by atoms with Gasteiger partial charge in [0.05, 0.1) is 10.4 Å². The first-order chi connectivity index (χ1) is 15.6. The van der Waals surface area contributed by atoms with E-state index in [0.717, 1.165) is 11.1 Å². The number of sulfone groups is 1. The number of nitrogens with zero attached hydrogens (tertiary/aromatic N) is 1. The Kier molecular flexibility index (Phi) is 6.10. The van der Waals surface area contributed by atoms with Crippen molar-refractivity contribution in [3.05, 3.63) is 99.3 Å². The number of aryl methyl sites for hydroxylation is 2. The highest BCUT2D eigenvalue weighted by Crippen LogP contribution is 2.22. The molecule has 4 aromatic rings. The highest BCUT2D eigenvalue weighted by molar-refractivity contribution is 7.91. The van der Waals surface area contributed by atoms with Gasteiger partial charge in [-0.25, -0.2) is 8.42 Å². The van der Waals surface area contributed by atoms with Gasteiger partial charge in [0.1, 0.15) is 11.4 Å². The summed E-state index contributed by atoms with van der Waals surface area (Å²) in [5.74, 6) is -0.374. The maximum absolute atomic E-state index is 13.3. The number of hydrogen-bond donors (Lipinski definition) is 1. The number of carbonyl (C=O) groups excluding carboxylic acids is 1. The van der Waals surface area contributed by atoms with Gasteiger partial charge < -0.3 is 9.88 Å². The van der Waals surface area contributed by atoms with Crippen LogP contribution in [-0.4, -0.2) is 18.9 Å². The summed E-state index contributed by atoms with van der Waals surface area (Å²) in [6, 6.07) is 18.1. The largest absolute Gasteiger partial charge is 0.336 e. The normalized spacial score (nSPS) is 11.5. The fourth-order valence-corrected chi connectivity index (χ4v) is 5.03. The van der Waals surface area contributed by atoms with Gasteiger partial charge >= 0.3 is 0 Å². The van der Waals surface area contributed by atoms with Crippen molar-refractivity contribution in [1.29, 1.82) is 0 Å². The Bertz CT molecular complexity index is 1520. The van der Waals surface area contributed by atoms with Crippen LogP contribution in [0.2, 0.25) is 5.02 Å². The lowest BCUT2D eigenvalue weighted by Crippen LogP contribution is -2.24. The van der Waals surface area contributed by atoms with Crippen molar-refractivity contribution in [3.8, 4) is 0 Å². The van der Waals surface area contributed by atoms with Gasteiger partial charge in [0, 0.05) is 22.3 Å². The summed E-state index contributed by atoms with van der Waals surface area (Å²) >= 11 is 5.89. The summed E-state index contributed by atoms with van der Waals surface area (Å²) in [4.78, 5) is 25.6. The Morgan fingerprint density at radius 2 is 1.58 bits per heavy atom. The zero-order valence-corrected chi connectivity index (χ0v) is 19.6. The summed E-state index contributed by atoms with van der Waals surface area (Å²) in [6.07, 6.45) is 1.25. The molecule has 168 valence electrons. The molecule has 1 N–H and O–H groups in total.